The minimum absolute atomic E-state index is 0.335. The zero-order valence-electron chi connectivity index (χ0n) is 8.40. The molecular formula is C11H12O3S. The molecule has 0 aliphatic carbocycles. The summed E-state index contributed by atoms with van der Waals surface area (Å²) >= 11 is 1.67. The van der Waals surface area contributed by atoms with Crippen LogP contribution in [0.3, 0.4) is 0 Å². The minimum Gasteiger partial charge on any atom is -0.465 e. The zero-order chi connectivity index (χ0) is 10.8. The van der Waals surface area contributed by atoms with Gasteiger partial charge in [-0.05, 0) is 24.1 Å². The van der Waals surface area contributed by atoms with Crippen LogP contribution in [0.4, 0.5) is 0 Å². The number of aliphatic hydroxyl groups excluding tert-OH is 1. The van der Waals surface area contributed by atoms with Gasteiger partial charge in [0.1, 0.15) is 0 Å². The summed E-state index contributed by atoms with van der Waals surface area (Å²) in [6.45, 7) is 0. The first-order valence-corrected chi connectivity index (χ1v) is 5.74. The van der Waals surface area contributed by atoms with Crippen molar-refractivity contribution in [3.63, 3.8) is 0 Å². The minimum atomic E-state index is -0.395. The van der Waals surface area contributed by atoms with Crippen LogP contribution in [-0.2, 0) is 4.74 Å². The fourth-order valence-electron chi connectivity index (χ4n) is 1.62. The molecule has 4 heteroatoms. The normalized spacial score (nSPS) is 19.5. The van der Waals surface area contributed by atoms with E-state index in [1.807, 2.05) is 0 Å². The molecule has 0 spiro atoms. The Morgan fingerprint density at radius 2 is 2.40 bits per heavy atom. The second-order valence-electron chi connectivity index (χ2n) is 3.40. The molecule has 0 fully saturated rings. The summed E-state index contributed by atoms with van der Waals surface area (Å²) in [7, 11) is 1.36. The summed E-state index contributed by atoms with van der Waals surface area (Å²) in [6, 6.07) is 5.28. The third-order valence-corrected chi connectivity index (χ3v) is 3.55. The monoisotopic (exact) mass is 224 g/mol. The van der Waals surface area contributed by atoms with Gasteiger partial charge < -0.3 is 9.84 Å². The Morgan fingerprint density at radius 1 is 1.60 bits per heavy atom. The van der Waals surface area contributed by atoms with Crippen molar-refractivity contribution in [3.8, 4) is 0 Å². The van der Waals surface area contributed by atoms with Gasteiger partial charge in [-0.3, -0.25) is 0 Å². The smallest absolute Gasteiger partial charge is 0.337 e. The van der Waals surface area contributed by atoms with Crippen LogP contribution in [0.2, 0.25) is 0 Å². The first kappa shape index (κ1) is 10.5. The highest BCUT2D eigenvalue weighted by molar-refractivity contribution is 7.99. The maximum Gasteiger partial charge on any atom is 0.337 e. The van der Waals surface area contributed by atoms with Gasteiger partial charge in [-0.15, -0.1) is 11.8 Å². The van der Waals surface area contributed by atoms with E-state index in [0.717, 1.165) is 22.6 Å². The van der Waals surface area contributed by atoms with E-state index in [9.17, 15) is 9.90 Å². The van der Waals surface area contributed by atoms with Crippen LogP contribution in [0.1, 0.15) is 28.4 Å². The van der Waals surface area contributed by atoms with E-state index < -0.39 is 6.10 Å². The predicted octanol–water partition coefficient (Wildman–Crippen LogP) is 2.00. The number of thioether (sulfide) groups is 1. The lowest BCUT2D eigenvalue weighted by Gasteiger charge is -2.20. The van der Waals surface area contributed by atoms with Crippen molar-refractivity contribution in [1.29, 1.82) is 0 Å². The molecule has 1 heterocycles. The van der Waals surface area contributed by atoms with Gasteiger partial charge in [-0.1, -0.05) is 6.07 Å². The number of hydrogen-bond donors (Lipinski definition) is 1. The number of carbonyl (C=O) groups is 1. The number of esters is 1. The largest absolute Gasteiger partial charge is 0.465 e. The van der Waals surface area contributed by atoms with Gasteiger partial charge in [0, 0.05) is 10.6 Å². The van der Waals surface area contributed by atoms with Crippen LogP contribution in [-0.4, -0.2) is 23.9 Å². The Bertz CT molecular complexity index is 389. The fourth-order valence-corrected chi connectivity index (χ4v) is 2.76. The van der Waals surface area contributed by atoms with Crippen LogP contribution in [0.25, 0.3) is 0 Å². The molecular weight excluding hydrogens is 212 g/mol. The molecule has 1 atom stereocenters. The average molecular weight is 224 g/mol. The first-order chi connectivity index (χ1) is 7.22. The standard InChI is InChI=1S/C11H12O3S/c1-14-11(13)7-2-3-8-9(12)4-5-15-10(8)6-7/h2-3,6,9,12H,4-5H2,1H3/t9-/m0/s1. The van der Waals surface area contributed by atoms with Gasteiger partial charge in [-0.25, -0.2) is 4.79 Å². The first-order valence-electron chi connectivity index (χ1n) is 4.75. The van der Waals surface area contributed by atoms with E-state index in [0.29, 0.717) is 5.56 Å². The van der Waals surface area contributed by atoms with Crippen LogP contribution in [0.5, 0.6) is 0 Å². The van der Waals surface area contributed by atoms with Crippen molar-refractivity contribution in [3.05, 3.63) is 29.3 Å². The van der Waals surface area contributed by atoms with Gasteiger partial charge in [0.2, 0.25) is 0 Å². The van der Waals surface area contributed by atoms with Gasteiger partial charge >= 0.3 is 5.97 Å². The predicted molar refractivity (Wildman–Crippen MR) is 58.1 cm³/mol. The van der Waals surface area contributed by atoms with E-state index in [1.54, 1.807) is 30.0 Å². The number of carbonyl (C=O) groups excluding carboxylic acids is 1. The molecule has 0 radical (unpaired) electrons. The summed E-state index contributed by atoms with van der Waals surface area (Å²) in [4.78, 5) is 12.3. The third kappa shape index (κ3) is 2.01. The van der Waals surface area contributed by atoms with Gasteiger partial charge in [0.15, 0.2) is 0 Å². The van der Waals surface area contributed by atoms with Crippen molar-refractivity contribution in [2.75, 3.05) is 12.9 Å². The lowest BCUT2D eigenvalue weighted by atomic mass is 10.0. The number of ether oxygens (including phenoxy) is 1. The molecule has 15 heavy (non-hydrogen) atoms. The highest BCUT2D eigenvalue weighted by Crippen LogP contribution is 2.36. The molecule has 1 aromatic carbocycles. The summed E-state index contributed by atoms with van der Waals surface area (Å²) in [6.07, 6.45) is 0.378. The number of methoxy groups -OCH3 is 1. The number of hydrogen-bond acceptors (Lipinski definition) is 4. The van der Waals surface area contributed by atoms with Crippen LogP contribution in [0, 0.1) is 0 Å². The summed E-state index contributed by atoms with van der Waals surface area (Å²) in [5, 5.41) is 9.72. The van der Waals surface area contributed by atoms with E-state index >= 15 is 0 Å². The van der Waals surface area contributed by atoms with E-state index in [2.05, 4.69) is 4.74 Å². The molecule has 0 aromatic heterocycles. The van der Waals surface area contributed by atoms with Crippen molar-refractivity contribution in [2.45, 2.75) is 17.4 Å². The van der Waals surface area contributed by atoms with Gasteiger partial charge in [0.05, 0.1) is 18.8 Å². The summed E-state index contributed by atoms with van der Waals surface area (Å²) in [5.74, 6) is 0.553. The van der Waals surface area contributed by atoms with Crippen LogP contribution >= 0.6 is 11.8 Å². The van der Waals surface area contributed by atoms with Crippen molar-refractivity contribution >= 4 is 17.7 Å². The quantitative estimate of drug-likeness (QED) is 0.741. The molecule has 0 amide bonds. The topological polar surface area (TPSA) is 46.5 Å². The second kappa shape index (κ2) is 4.24. The van der Waals surface area contributed by atoms with Crippen molar-refractivity contribution in [1.82, 2.24) is 0 Å². The van der Waals surface area contributed by atoms with Crippen LogP contribution < -0.4 is 0 Å². The second-order valence-corrected chi connectivity index (χ2v) is 4.53. The fraction of sp³-hybridized carbons (Fsp3) is 0.364. The SMILES string of the molecule is COC(=O)c1ccc2c(c1)SCC[C@@H]2O. The third-order valence-electron chi connectivity index (χ3n) is 2.44. The van der Waals surface area contributed by atoms with Gasteiger partial charge in [-0.2, -0.15) is 0 Å². The molecule has 80 valence electrons. The summed E-state index contributed by atoms with van der Waals surface area (Å²) in [5.41, 5.74) is 1.46. The lowest BCUT2D eigenvalue weighted by Crippen LogP contribution is -2.08. The van der Waals surface area contributed by atoms with Crippen molar-refractivity contribution < 1.29 is 14.6 Å². The molecule has 0 bridgehead atoms. The Labute approximate surface area is 92.4 Å². The van der Waals surface area contributed by atoms with E-state index in [-0.39, 0.29) is 5.97 Å². The molecule has 1 aliphatic heterocycles. The lowest BCUT2D eigenvalue weighted by molar-refractivity contribution is 0.0600. The molecule has 0 saturated carbocycles. The van der Waals surface area contributed by atoms with Crippen molar-refractivity contribution in [2.24, 2.45) is 0 Å². The number of benzene rings is 1. The molecule has 0 unspecified atom stereocenters. The van der Waals surface area contributed by atoms with E-state index in [1.165, 1.54) is 7.11 Å². The Kier molecular flexibility index (Phi) is 2.98. The van der Waals surface area contributed by atoms with Gasteiger partial charge in [0.25, 0.3) is 0 Å². The molecule has 1 N–H and O–H groups in total. The number of aliphatic hydroxyl groups is 1. The maximum absolute atomic E-state index is 11.3. The zero-order valence-corrected chi connectivity index (χ0v) is 9.21. The van der Waals surface area contributed by atoms with E-state index in [4.69, 9.17) is 0 Å². The molecule has 2 rings (SSSR count). The Balaban J connectivity index is 2.37. The Hall–Kier alpha value is -1.00. The molecule has 3 nitrogen and oxygen atoms in total. The van der Waals surface area contributed by atoms with Crippen LogP contribution in [0.15, 0.2) is 23.1 Å². The highest BCUT2D eigenvalue weighted by atomic mass is 32.2. The number of fused-ring (bicyclic) bond motifs is 1. The Morgan fingerprint density at radius 3 is 3.13 bits per heavy atom. The molecule has 1 aliphatic rings. The molecule has 0 saturated heterocycles. The summed E-state index contributed by atoms with van der Waals surface area (Å²) < 4.78 is 4.64. The number of rotatable bonds is 1. The average Bonchev–Trinajstić information content (AvgIpc) is 2.28. The molecule has 1 aromatic rings. The highest BCUT2D eigenvalue weighted by Gasteiger charge is 2.19. The maximum atomic E-state index is 11.3.